The lowest BCUT2D eigenvalue weighted by molar-refractivity contribution is -0.123. The van der Waals surface area contributed by atoms with Crippen molar-refractivity contribution >= 4 is 5.91 Å². The zero-order valence-electron chi connectivity index (χ0n) is 9.62. The Kier molecular flexibility index (Phi) is 2.50. The zero-order chi connectivity index (χ0) is 11.8. The highest BCUT2D eigenvalue weighted by Crippen LogP contribution is 2.48. The van der Waals surface area contributed by atoms with Crippen LogP contribution in [-0.4, -0.2) is 15.8 Å². The summed E-state index contributed by atoms with van der Waals surface area (Å²) >= 11 is 0. The summed E-state index contributed by atoms with van der Waals surface area (Å²) in [6, 6.07) is 5.10. The molecule has 1 aromatic heterocycles. The molecule has 1 amide bonds. The van der Waals surface area contributed by atoms with Crippen LogP contribution in [-0.2, 0) is 4.79 Å². The number of carbonyl (C=O) groups excluding carboxylic acids is 1. The lowest BCUT2D eigenvalue weighted by Gasteiger charge is -2.17. The fourth-order valence-electron chi connectivity index (χ4n) is 3.26. The molecule has 17 heavy (non-hydrogen) atoms. The summed E-state index contributed by atoms with van der Waals surface area (Å²) in [7, 11) is 0. The fourth-order valence-corrected chi connectivity index (χ4v) is 3.26. The summed E-state index contributed by atoms with van der Waals surface area (Å²) in [5.41, 5.74) is 0.320. The summed E-state index contributed by atoms with van der Waals surface area (Å²) < 4.78 is 0.894. The van der Waals surface area contributed by atoms with Gasteiger partial charge < -0.3 is 5.21 Å². The summed E-state index contributed by atoms with van der Waals surface area (Å²) in [6.45, 7) is 0. The number of hydrogen-bond donors (Lipinski definition) is 1. The Bertz CT molecular complexity index is 506. The van der Waals surface area contributed by atoms with E-state index in [4.69, 9.17) is 0 Å². The van der Waals surface area contributed by atoms with Gasteiger partial charge in [-0.2, -0.15) is 9.72 Å². The highest BCUT2D eigenvalue weighted by atomic mass is 16.5. The van der Waals surface area contributed by atoms with Gasteiger partial charge in [-0.15, -0.1) is 0 Å². The van der Waals surface area contributed by atoms with Crippen LogP contribution in [0.4, 0.5) is 0 Å². The maximum absolute atomic E-state index is 12.1. The molecule has 2 aliphatic carbocycles. The third-order valence-electron chi connectivity index (χ3n) is 4.10. The van der Waals surface area contributed by atoms with E-state index in [2.05, 4.69) is 4.99 Å². The molecule has 4 heteroatoms. The van der Waals surface area contributed by atoms with E-state index in [1.807, 2.05) is 0 Å². The first-order chi connectivity index (χ1) is 8.24. The van der Waals surface area contributed by atoms with Gasteiger partial charge in [-0.05, 0) is 43.2 Å². The number of nitrogens with zero attached hydrogens (tertiary/aromatic N) is 2. The lowest BCUT2D eigenvalue weighted by atomic mass is 9.88. The molecule has 2 bridgehead atoms. The van der Waals surface area contributed by atoms with Crippen LogP contribution >= 0.6 is 0 Å². The van der Waals surface area contributed by atoms with Crippen molar-refractivity contribution in [3.63, 3.8) is 0 Å². The highest BCUT2D eigenvalue weighted by Gasteiger charge is 2.42. The maximum atomic E-state index is 12.1. The van der Waals surface area contributed by atoms with E-state index in [1.54, 1.807) is 18.2 Å². The van der Waals surface area contributed by atoms with Crippen molar-refractivity contribution in [2.24, 2.45) is 22.7 Å². The molecule has 3 atom stereocenters. The van der Waals surface area contributed by atoms with Crippen LogP contribution in [0.15, 0.2) is 29.4 Å². The smallest absolute Gasteiger partial charge is 0.251 e. The van der Waals surface area contributed by atoms with Gasteiger partial charge in [0.05, 0.1) is 0 Å². The molecule has 90 valence electrons. The summed E-state index contributed by atoms with van der Waals surface area (Å²) in [5.74, 6) is 1.30. The van der Waals surface area contributed by atoms with Crippen LogP contribution in [0.1, 0.15) is 25.7 Å². The third kappa shape index (κ3) is 1.88. The van der Waals surface area contributed by atoms with Crippen LogP contribution in [0.25, 0.3) is 0 Å². The van der Waals surface area contributed by atoms with Crippen molar-refractivity contribution in [1.82, 2.24) is 4.73 Å². The van der Waals surface area contributed by atoms with Crippen molar-refractivity contribution in [2.45, 2.75) is 25.7 Å². The Morgan fingerprint density at radius 2 is 2.24 bits per heavy atom. The van der Waals surface area contributed by atoms with E-state index in [1.165, 1.54) is 25.5 Å². The quantitative estimate of drug-likeness (QED) is 0.747. The van der Waals surface area contributed by atoms with Crippen molar-refractivity contribution in [2.75, 3.05) is 0 Å². The molecule has 0 radical (unpaired) electrons. The minimum atomic E-state index is -0.0637. The Balaban J connectivity index is 1.84. The number of carbonyl (C=O) groups is 1. The Morgan fingerprint density at radius 3 is 2.88 bits per heavy atom. The average molecular weight is 232 g/mol. The lowest BCUT2D eigenvalue weighted by Crippen LogP contribution is -2.25. The minimum absolute atomic E-state index is 0.0637. The van der Waals surface area contributed by atoms with Gasteiger partial charge in [-0.25, -0.2) is 0 Å². The number of rotatable bonds is 1. The monoisotopic (exact) mass is 232 g/mol. The molecule has 1 heterocycles. The Labute approximate surface area is 99.6 Å². The molecule has 2 saturated carbocycles. The number of fused-ring (bicyclic) bond motifs is 2. The normalized spacial score (nSPS) is 32.0. The van der Waals surface area contributed by atoms with Crippen LogP contribution in [0, 0.1) is 17.8 Å². The minimum Gasteiger partial charge on any atom is -0.427 e. The first-order valence-corrected chi connectivity index (χ1v) is 6.19. The van der Waals surface area contributed by atoms with Gasteiger partial charge in [0.15, 0.2) is 5.49 Å². The molecule has 0 aliphatic heterocycles. The number of hydrogen-bond acceptors (Lipinski definition) is 2. The molecule has 1 N–H and O–H groups in total. The van der Waals surface area contributed by atoms with Gasteiger partial charge >= 0.3 is 0 Å². The van der Waals surface area contributed by atoms with Gasteiger partial charge in [0, 0.05) is 12.1 Å². The van der Waals surface area contributed by atoms with Crippen LogP contribution < -0.4 is 5.49 Å². The molecule has 3 unspecified atom stereocenters. The SMILES string of the molecule is O=C(N=c1ccccn1O)C1CC2CCC1C2. The van der Waals surface area contributed by atoms with Gasteiger partial charge in [0.2, 0.25) is 0 Å². The predicted octanol–water partition coefficient (Wildman–Crippen LogP) is 1.59. The van der Waals surface area contributed by atoms with Gasteiger partial charge in [-0.1, -0.05) is 12.5 Å². The van der Waals surface area contributed by atoms with Crippen molar-refractivity contribution in [3.05, 3.63) is 29.9 Å². The van der Waals surface area contributed by atoms with Crippen LogP contribution in [0.5, 0.6) is 0 Å². The number of aromatic nitrogens is 1. The number of pyridine rings is 1. The number of amides is 1. The highest BCUT2D eigenvalue weighted by molar-refractivity contribution is 5.80. The molecule has 0 spiro atoms. The molecule has 2 fully saturated rings. The van der Waals surface area contributed by atoms with Crippen LogP contribution in [0.3, 0.4) is 0 Å². The molecule has 2 aliphatic rings. The molecule has 1 aromatic rings. The fraction of sp³-hybridized carbons (Fsp3) is 0.538. The molecular weight excluding hydrogens is 216 g/mol. The van der Waals surface area contributed by atoms with E-state index >= 15 is 0 Å². The predicted molar refractivity (Wildman–Crippen MR) is 61.1 cm³/mol. The standard InChI is InChI=1S/C13H16N2O2/c16-13(11-8-9-4-5-10(11)7-9)14-12-3-1-2-6-15(12)17/h1-3,6,9-11,17H,4-5,7-8H2. The van der Waals surface area contributed by atoms with Crippen molar-refractivity contribution < 1.29 is 10.0 Å². The van der Waals surface area contributed by atoms with E-state index in [-0.39, 0.29) is 11.8 Å². The van der Waals surface area contributed by atoms with Crippen molar-refractivity contribution in [1.29, 1.82) is 0 Å². The molecule has 0 aromatic carbocycles. The first-order valence-electron chi connectivity index (χ1n) is 6.19. The zero-order valence-corrected chi connectivity index (χ0v) is 9.62. The van der Waals surface area contributed by atoms with Gasteiger partial charge in [0.1, 0.15) is 0 Å². The van der Waals surface area contributed by atoms with Crippen LogP contribution in [0.2, 0.25) is 0 Å². The van der Waals surface area contributed by atoms with E-state index < -0.39 is 0 Å². The Hall–Kier alpha value is -1.58. The van der Waals surface area contributed by atoms with Crippen molar-refractivity contribution in [3.8, 4) is 0 Å². The molecular formula is C13H16N2O2. The third-order valence-corrected chi connectivity index (χ3v) is 4.10. The van der Waals surface area contributed by atoms with Gasteiger partial charge in [0.25, 0.3) is 5.91 Å². The summed E-state index contributed by atoms with van der Waals surface area (Å²) in [5, 5.41) is 9.50. The van der Waals surface area contributed by atoms with E-state index in [0.29, 0.717) is 11.4 Å². The second-order valence-electron chi connectivity index (χ2n) is 5.13. The Morgan fingerprint density at radius 1 is 1.35 bits per heavy atom. The second kappa shape index (κ2) is 4.02. The molecule has 4 nitrogen and oxygen atoms in total. The summed E-state index contributed by atoms with van der Waals surface area (Å²) in [4.78, 5) is 16.1. The van der Waals surface area contributed by atoms with Gasteiger partial charge in [-0.3, -0.25) is 4.79 Å². The maximum Gasteiger partial charge on any atom is 0.251 e. The average Bonchev–Trinajstić information content (AvgIpc) is 2.94. The summed E-state index contributed by atoms with van der Waals surface area (Å²) in [6.07, 6.45) is 6.11. The topological polar surface area (TPSA) is 54.6 Å². The first kappa shape index (κ1) is 10.6. The molecule has 0 saturated heterocycles. The van der Waals surface area contributed by atoms with E-state index in [9.17, 15) is 10.0 Å². The van der Waals surface area contributed by atoms with E-state index in [0.717, 1.165) is 17.1 Å². The molecule has 3 rings (SSSR count). The second-order valence-corrected chi connectivity index (χ2v) is 5.13. The largest absolute Gasteiger partial charge is 0.427 e.